The third-order valence-electron chi connectivity index (χ3n) is 1.62. The lowest BCUT2D eigenvalue weighted by Crippen LogP contribution is -2.21. The molecule has 1 aromatic heterocycles. The maximum absolute atomic E-state index is 12.2. The molecule has 0 aliphatic carbocycles. The summed E-state index contributed by atoms with van der Waals surface area (Å²) < 4.78 is 41.6. The van der Waals surface area contributed by atoms with Crippen molar-refractivity contribution < 1.29 is 27.8 Å². The zero-order chi connectivity index (χ0) is 12.3. The molecule has 0 aromatic carbocycles. The van der Waals surface area contributed by atoms with Gasteiger partial charge in [0, 0.05) is 0 Å². The highest BCUT2D eigenvalue weighted by molar-refractivity contribution is 5.69. The highest BCUT2D eigenvalue weighted by Crippen LogP contribution is 2.21. The summed E-state index contributed by atoms with van der Waals surface area (Å²) in [7, 11) is 1.13. The predicted octanol–water partition coefficient (Wildman–Crippen LogP) is 0.476. The number of methoxy groups -OCH3 is 1. The average Bonchev–Trinajstić information content (AvgIpc) is 2.45. The summed E-state index contributed by atoms with van der Waals surface area (Å²) in [6.45, 7) is -1.38. The Morgan fingerprint density at radius 2 is 2.12 bits per heavy atom. The number of rotatable bonds is 4. The van der Waals surface area contributed by atoms with Crippen LogP contribution in [0.3, 0.4) is 0 Å². The summed E-state index contributed by atoms with van der Waals surface area (Å²) in [4.78, 5) is 10.4. The van der Waals surface area contributed by atoms with E-state index in [1.165, 1.54) is 0 Å². The van der Waals surface area contributed by atoms with Gasteiger partial charge >= 0.3 is 18.2 Å². The topological polar surface area (TPSA) is 77.2 Å². The minimum atomic E-state index is -4.50. The first-order valence-electron chi connectivity index (χ1n) is 4.08. The Morgan fingerprint density at radius 1 is 1.50 bits per heavy atom. The highest BCUT2D eigenvalue weighted by Gasteiger charge is 2.31. The summed E-state index contributed by atoms with van der Waals surface area (Å²) in [6, 6.07) is -0.367. The zero-order valence-electron chi connectivity index (χ0n) is 8.15. The summed E-state index contributed by atoms with van der Waals surface area (Å²) in [5, 5.41) is 15.1. The molecule has 90 valence electrons. The molecule has 0 fully saturated rings. The van der Waals surface area contributed by atoms with E-state index in [1.54, 1.807) is 0 Å². The van der Waals surface area contributed by atoms with Crippen LogP contribution in [0, 0.1) is 0 Å². The Kier molecular flexibility index (Phi) is 3.35. The van der Waals surface area contributed by atoms with Crippen molar-refractivity contribution >= 4 is 5.97 Å². The molecule has 1 heterocycles. The van der Waals surface area contributed by atoms with Crippen LogP contribution in [0.5, 0.6) is 6.01 Å². The first kappa shape index (κ1) is 12.3. The van der Waals surface area contributed by atoms with E-state index < -0.39 is 25.1 Å². The van der Waals surface area contributed by atoms with Crippen LogP contribution < -0.4 is 4.74 Å². The van der Waals surface area contributed by atoms with Gasteiger partial charge in [-0.3, -0.25) is 9.36 Å². The number of hydrogen-bond acceptors (Lipinski definition) is 4. The molecule has 0 aliphatic heterocycles. The van der Waals surface area contributed by atoms with Crippen molar-refractivity contribution in [2.45, 2.75) is 19.1 Å². The predicted molar refractivity (Wildman–Crippen MR) is 44.0 cm³/mol. The molecule has 0 aliphatic rings. The number of nitrogens with zero attached hydrogens (tertiary/aromatic N) is 3. The van der Waals surface area contributed by atoms with E-state index >= 15 is 0 Å². The molecular weight excluding hydrogens is 231 g/mol. The molecule has 0 spiro atoms. The van der Waals surface area contributed by atoms with E-state index in [4.69, 9.17) is 5.11 Å². The third kappa shape index (κ3) is 3.11. The third-order valence-corrected chi connectivity index (χ3v) is 1.62. The molecule has 16 heavy (non-hydrogen) atoms. The molecule has 0 amide bonds. The summed E-state index contributed by atoms with van der Waals surface area (Å²) >= 11 is 0. The molecular formula is C7H8F3N3O3. The number of hydrogen-bond donors (Lipinski definition) is 1. The Labute approximate surface area is 87.6 Å². The quantitative estimate of drug-likeness (QED) is 0.826. The van der Waals surface area contributed by atoms with Crippen molar-refractivity contribution in [3.63, 3.8) is 0 Å². The van der Waals surface area contributed by atoms with Crippen LogP contribution in [0.4, 0.5) is 13.2 Å². The fourth-order valence-corrected chi connectivity index (χ4v) is 1.07. The average molecular weight is 239 g/mol. The molecule has 0 atom stereocenters. The second-order valence-corrected chi connectivity index (χ2v) is 2.87. The molecule has 0 bridgehead atoms. The maximum atomic E-state index is 12.2. The van der Waals surface area contributed by atoms with Gasteiger partial charge < -0.3 is 9.84 Å². The van der Waals surface area contributed by atoms with Gasteiger partial charge in [0.25, 0.3) is 0 Å². The monoisotopic (exact) mass is 239 g/mol. The summed E-state index contributed by atoms with van der Waals surface area (Å²) in [5.41, 5.74) is 0. The van der Waals surface area contributed by atoms with Gasteiger partial charge in [0.15, 0.2) is 0 Å². The molecule has 0 saturated heterocycles. The van der Waals surface area contributed by atoms with Gasteiger partial charge in [-0.1, -0.05) is 5.10 Å². The smallest absolute Gasteiger partial charge is 0.406 e. The Balaban J connectivity index is 3.01. The van der Waals surface area contributed by atoms with Crippen LogP contribution in [0.2, 0.25) is 0 Å². The van der Waals surface area contributed by atoms with Crippen LogP contribution in [0.1, 0.15) is 5.82 Å². The second-order valence-electron chi connectivity index (χ2n) is 2.87. The van der Waals surface area contributed by atoms with Gasteiger partial charge in [-0.25, -0.2) is 0 Å². The Morgan fingerprint density at radius 3 is 2.56 bits per heavy atom. The van der Waals surface area contributed by atoms with Crippen molar-refractivity contribution in [1.29, 1.82) is 0 Å². The summed E-state index contributed by atoms with van der Waals surface area (Å²) in [6.07, 6.45) is -5.14. The SMILES string of the molecule is COc1nnc(CC(=O)O)n1CC(F)(F)F. The van der Waals surface area contributed by atoms with Gasteiger partial charge in [-0.2, -0.15) is 13.2 Å². The number of aliphatic carboxylic acids is 1. The number of aromatic nitrogens is 3. The van der Waals surface area contributed by atoms with E-state index in [-0.39, 0.29) is 11.8 Å². The van der Waals surface area contributed by atoms with Crippen LogP contribution >= 0.6 is 0 Å². The minimum Gasteiger partial charge on any atom is -0.481 e. The van der Waals surface area contributed by atoms with Crippen molar-refractivity contribution in [3.8, 4) is 6.01 Å². The van der Waals surface area contributed by atoms with E-state index in [1.807, 2.05) is 0 Å². The van der Waals surface area contributed by atoms with Crippen molar-refractivity contribution in [2.24, 2.45) is 0 Å². The van der Waals surface area contributed by atoms with Crippen molar-refractivity contribution in [3.05, 3.63) is 5.82 Å². The van der Waals surface area contributed by atoms with Crippen molar-refractivity contribution in [2.75, 3.05) is 7.11 Å². The van der Waals surface area contributed by atoms with Crippen molar-refractivity contribution in [1.82, 2.24) is 14.8 Å². The lowest BCUT2D eigenvalue weighted by Gasteiger charge is -2.10. The molecule has 1 aromatic rings. The van der Waals surface area contributed by atoms with Crippen LogP contribution in [-0.2, 0) is 17.8 Å². The molecule has 0 radical (unpaired) electrons. The molecule has 6 nitrogen and oxygen atoms in total. The number of alkyl halides is 3. The summed E-state index contributed by atoms with van der Waals surface area (Å²) in [5.74, 6) is -1.60. The second kappa shape index (κ2) is 4.37. The maximum Gasteiger partial charge on any atom is 0.406 e. The zero-order valence-corrected chi connectivity index (χ0v) is 8.15. The number of carboxylic acids is 1. The van der Waals surface area contributed by atoms with Gasteiger partial charge in [-0.05, 0) is 0 Å². The lowest BCUT2D eigenvalue weighted by atomic mass is 10.4. The van der Waals surface area contributed by atoms with E-state index in [0.29, 0.717) is 4.57 Å². The lowest BCUT2D eigenvalue weighted by molar-refractivity contribution is -0.143. The van der Waals surface area contributed by atoms with Gasteiger partial charge in [-0.15, -0.1) is 5.10 Å². The fourth-order valence-electron chi connectivity index (χ4n) is 1.07. The van der Waals surface area contributed by atoms with E-state index in [2.05, 4.69) is 14.9 Å². The van der Waals surface area contributed by atoms with Crippen LogP contribution in [-0.4, -0.2) is 39.1 Å². The van der Waals surface area contributed by atoms with Crippen LogP contribution in [0.25, 0.3) is 0 Å². The molecule has 9 heteroatoms. The molecule has 1 rings (SSSR count). The van der Waals surface area contributed by atoms with Gasteiger partial charge in [0.1, 0.15) is 18.8 Å². The number of carbonyl (C=O) groups is 1. The standard InChI is InChI=1S/C7H8F3N3O3/c1-16-6-12-11-4(2-5(14)15)13(6)3-7(8,9)10/h2-3H2,1H3,(H,14,15). The van der Waals surface area contributed by atoms with E-state index in [9.17, 15) is 18.0 Å². The normalized spacial score (nSPS) is 11.5. The minimum absolute atomic E-state index is 0.304. The van der Waals surface area contributed by atoms with E-state index in [0.717, 1.165) is 7.11 Å². The number of carboxylic acid groups (broad SMARTS) is 1. The Hall–Kier alpha value is -1.80. The van der Waals surface area contributed by atoms with Crippen LogP contribution in [0.15, 0.2) is 0 Å². The fraction of sp³-hybridized carbons (Fsp3) is 0.571. The number of halogens is 3. The first-order valence-corrected chi connectivity index (χ1v) is 4.08. The van der Waals surface area contributed by atoms with Gasteiger partial charge in [0.2, 0.25) is 0 Å². The molecule has 0 saturated carbocycles. The number of ether oxygens (including phenoxy) is 1. The van der Waals surface area contributed by atoms with Gasteiger partial charge in [0.05, 0.1) is 7.11 Å². The Bertz CT molecular complexity index is 388. The highest BCUT2D eigenvalue weighted by atomic mass is 19.4. The molecule has 1 N–H and O–H groups in total. The first-order chi connectivity index (χ1) is 7.33. The largest absolute Gasteiger partial charge is 0.481 e. The molecule has 0 unspecified atom stereocenters.